The highest BCUT2D eigenvalue weighted by Gasteiger charge is 2.32. The molecule has 1 amide bonds. The van der Waals surface area contributed by atoms with Gasteiger partial charge in [0, 0.05) is 24.6 Å². The Labute approximate surface area is 169 Å². The Bertz CT molecular complexity index is 982. The van der Waals surface area contributed by atoms with Crippen LogP contribution in [0.3, 0.4) is 0 Å². The molecule has 0 radical (unpaired) electrons. The Morgan fingerprint density at radius 3 is 2.21 bits per heavy atom. The molecule has 0 spiro atoms. The Morgan fingerprint density at radius 2 is 1.64 bits per heavy atom. The van der Waals surface area contributed by atoms with Crippen molar-refractivity contribution >= 4 is 39.0 Å². The maximum atomic E-state index is 12.8. The van der Waals surface area contributed by atoms with Crippen LogP contribution in [0.25, 0.3) is 0 Å². The van der Waals surface area contributed by atoms with Gasteiger partial charge in [-0.15, -0.1) is 0 Å². The van der Waals surface area contributed by atoms with Gasteiger partial charge in [0.2, 0.25) is 15.9 Å². The monoisotopic (exact) mass is 420 g/mol. The van der Waals surface area contributed by atoms with Crippen molar-refractivity contribution < 1.29 is 18.0 Å². The van der Waals surface area contributed by atoms with Gasteiger partial charge in [0.25, 0.3) is 0 Å². The Hall–Kier alpha value is -2.22. The highest BCUT2D eigenvalue weighted by Crippen LogP contribution is 2.27. The largest absolute Gasteiger partial charge is 0.325 e. The molecule has 0 atom stereocenters. The fraction of sp³-hybridized carbons (Fsp3) is 0.300. The summed E-state index contributed by atoms with van der Waals surface area (Å²) in [5, 5.41) is 3.27. The van der Waals surface area contributed by atoms with Crippen molar-refractivity contribution in [2.45, 2.75) is 24.7 Å². The van der Waals surface area contributed by atoms with Gasteiger partial charge in [0.15, 0.2) is 5.78 Å². The number of hydrogen-bond acceptors (Lipinski definition) is 4. The Balaban J connectivity index is 1.63. The normalized spacial score (nSPS) is 15.9. The minimum Gasteiger partial charge on any atom is -0.325 e. The number of sulfonamides is 1. The molecule has 1 aliphatic rings. The summed E-state index contributed by atoms with van der Waals surface area (Å²) in [4.78, 5) is 24.0. The van der Waals surface area contributed by atoms with E-state index >= 15 is 0 Å². The molecule has 148 valence electrons. The number of para-hydroxylation sites is 1. The van der Waals surface area contributed by atoms with E-state index in [0.717, 1.165) is 0 Å². The fourth-order valence-corrected chi connectivity index (χ4v) is 4.82. The van der Waals surface area contributed by atoms with E-state index in [0.29, 0.717) is 29.1 Å². The SMILES string of the molecule is CC(=O)c1ccc(S(=O)(=O)N2CCC(C(=O)Nc3ccccc3Cl)CC2)cc1. The molecular formula is C20H21ClN2O4S. The summed E-state index contributed by atoms with van der Waals surface area (Å²) in [6.45, 7) is 1.96. The summed E-state index contributed by atoms with van der Waals surface area (Å²) in [7, 11) is -3.65. The van der Waals surface area contributed by atoms with Crippen molar-refractivity contribution in [3.63, 3.8) is 0 Å². The van der Waals surface area contributed by atoms with Crippen molar-refractivity contribution in [1.82, 2.24) is 4.31 Å². The number of anilines is 1. The van der Waals surface area contributed by atoms with E-state index in [-0.39, 0.29) is 35.6 Å². The van der Waals surface area contributed by atoms with Crippen molar-refractivity contribution in [1.29, 1.82) is 0 Å². The standard InChI is InChI=1S/C20H21ClN2O4S/c1-14(24)15-6-8-17(9-7-15)28(26,27)23-12-10-16(11-13-23)20(25)22-19-5-3-2-4-18(19)21/h2-9,16H,10-13H2,1H3,(H,22,25). The predicted octanol–water partition coefficient (Wildman–Crippen LogP) is 3.58. The van der Waals surface area contributed by atoms with Crippen LogP contribution < -0.4 is 5.32 Å². The zero-order chi connectivity index (χ0) is 20.3. The molecule has 0 aromatic heterocycles. The number of carbonyl (C=O) groups is 2. The lowest BCUT2D eigenvalue weighted by atomic mass is 9.97. The van der Waals surface area contributed by atoms with Gasteiger partial charge in [0.05, 0.1) is 15.6 Å². The number of Topliss-reactive ketones (excluding diaryl/α,β-unsaturated/α-hetero) is 1. The number of nitrogens with one attached hydrogen (secondary N) is 1. The topological polar surface area (TPSA) is 83.6 Å². The third-order valence-electron chi connectivity index (χ3n) is 4.86. The highest BCUT2D eigenvalue weighted by atomic mass is 35.5. The van der Waals surface area contributed by atoms with E-state index in [2.05, 4.69) is 5.32 Å². The molecule has 0 saturated carbocycles. The molecule has 0 aliphatic carbocycles. The third-order valence-corrected chi connectivity index (χ3v) is 7.10. The smallest absolute Gasteiger partial charge is 0.243 e. The number of halogens is 1. The molecule has 0 bridgehead atoms. The molecule has 1 heterocycles. The van der Waals surface area contributed by atoms with Gasteiger partial charge in [-0.1, -0.05) is 35.9 Å². The predicted molar refractivity (Wildman–Crippen MR) is 108 cm³/mol. The van der Waals surface area contributed by atoms with Gasteiger partial charge in [-0.2, -0.15) is 4.31 Å². The second-order valence-corrected chi connectivity index (χ2v) is 9.07. The van der Waals surface area contributed by atoms with Gasteiger partial charge in [0.1, 0.15) is 0 Å². The lowest BCUT2D eigenvalue weighted by Gasteiger charge is -2.30. The van der Waals surface area contributed by atoms with Crippen LogP contribution in [0.2, 0.25) is 5.02 Å². The van der Waals surface area contributed by atoms with Crippen molar-refractivity contribution in [2.24, 2.45) is 5.92 Å². The molecular weight excluding hydrogens is 400 g/mol. The van der Waals surface area contributed by atoms with Crippen LogP contribution in [0.15, 0.2) is 53.4 Å². The maximum Gasteiger partial charge on any atom is 0.243 e. The van der Waals surface area contributed by atoms with Crippen LogP contribution in [-0.2, 0) is 14.8 Å². The van der Waals surface area contributed by atoms with Crippen molar-refractivity contribution in [3.05, 3.63) is 59.1 Å². The minimum atomic E-state index is -3.65. The number of carbonyl (C=O) groups excluding carboxylic acids is 2. The minimum absolute atomic E-state index is 0.116. The van der Waals surface area contributed by atoms with E-state index in [1.54, 1.807) is 24.3 Å². The molecule has 0 unspecified atom stereocenters. The lowest BCUT2D eigenvalue weighted by molar-refractivity contribution is -0.120. The Kier molecular flexibility index (Phi) is 6.17. The second kappa shape index (κ2) is 8.43. The average molecular weight is 421 g/mol. The van der Waals surface area contributed by atoms with Crippen LogP contribution in [-0.4, -0.2) is 37.5 Å². The van der Waals surface area contributed by atoms with E-state index in [9.17, 15) is 18.0 Å². The summed E-state index contributed by atoms with van der Waals surface area (Å²) in [6, 6.07) is 12.9. The van der Waals surface area contributed by atoms with Gasteiger partial charge in [-0.3, -0.25) is 9.59 Å². The highest BCUT2D eigenvalue weighted by molar-refractivity contribution is 7.89. The van der Waals surface area contributed by atoms with Gasteiger partial charge < -0.3 is 5.32 Å². The van der Waals surface area contributed by atoms with E-state index in [4.69, 9.17) is 11.6 Å². The van der Waals surface area contributed by atoms with Crippen LogP contribution >= 0.6 is 11.6 Å². The summed E-state index contributed by atoms with van der Waals surface area (Å²) in [6.07, 6.45) is 0.863. The molecule has 1 N–H and O–H groups in total. The lowest BCUT2D eigenvalue weighted by Crippen LogP contribution is -2.41. The van der Waals surface area contributed by atoms with Crippen molar-refractivity contribution in [3.8, 4) is 0 Å². The molecule has 2 aromatic carbocycles. The van der Waals surface area contributed by atoms with Crippen molar-refractivity contribution in [2.75, 3.05) is 18.4 Å². The Morgan fingerprint density at radius 1 is 1.04 bits per heavy atom. The van der Waals surface area contributed by atoms with Gasteiger partial charge in [-0.05, 0) is 44.0 Å². The summed E-state index contributed by atoms with van der Waals surface area (Å²) >= 11 is 6.07. The summed E-state index contributed by atoms with van der Waals surface area (Å²) in [5.41, 5.74) is 1.02. The number of hydrogen-bond donors (Lipinski definition) is 1. The first kappa shape index (κ1) is 20.5. The number of benzene rings is 2. The van der Waals surface area contributed by atoms with Crippen LogP contribution in [0.1, 0.15) is 30.1 Å². The van der Waals surface area contributed by atoms with Crippen LogP contribution in [0.4, 0.5) is 5.69 Å². The van der Waals surface area contributed by atoms with Crippen LogP contribution in [0.5, 0.6) is 0 Å². The first-order valence-corrected chi connectivity index (χ1v) is 10.8. The first-order valence-electron chi connectivity index (χ1n) is 8.95. The number of amides is 1. The third kappa shape index (κ3) is 4.43. The average Bonchev–Trinajstić information content (AvgIpc) is 2.70. The van der Waals surface area contributed by atoms with Gasteiger partial charge in [-0.25, -0.2) is 8.42 Å². The molecule has 2 aromatic rings. The summed E-state index contributed by atoms with van der Waals surface area (Å²) < 4.78 is 27.0. The number of ketones is 1. The quantitative estimate of drug-likeness (QED) is 0.749. The number of nitrogens with zero attached hydrogens (tertiary/aromatic N) is 1. The number of rotatable bonds is 5. The van der Waals surface area contributed by atoms with E-state index in [1.807, 2.05) is 0 Å². The molecule has 8 heteroatoms. The fourth-order valence-electron chi connectivity index (χ4n) is 3.17. The zero-order valence-corrected chi connectivity index (χ0v) is 17.0. The molecule has 1 aliphatic heterocycles. The molecule has 1 fully saturated rings. The summed E-state index contributed by atoms with van der Waals surface area (Å²) in [5.74, 6) is -0.548. The van der Waals surface area contributed by atoms with E-state index in [1.165, 1.54) is 35.5 Å². The first-order chi connectivity index (χ1) is 13.3. The molecule has 6 nitrogen and oxygen atoms in total. The second-order valence-electron chi connectivity index (χ2n) is 6.73. The zero-order valence-electron chi connectivity index (χ0n) is 15.4. The number of piperidine rings is 1. The molecule has 28 heavy (non-hydrogen) atoms. The van der Waals surface area contributed by atoms with E-state index < -0.39 is 10.0 Å². The molecule has 1 saturated heterocycles. The maximum absolute atomic E-state index is 12.8. The van der Waals surface area contributed by atoms with Crippen LogP contribution in [0, 0.1) is 5.92 Å². The molecule has 3 rings (SSSR count). The van der Waals surface area contributed by atoms with Gasteiger partial charge >= 0.3 is 0 Å².